The highest BCUT2D eigenvalue weighted by molar-refractivity contribution is 4.77. The Morgan fingerprint density at radius 1 is 1.73 bits per heavy atom. The highest BCUT2D eigenvalue weighted by Gasteiger charge is 2.13. The van der Waals surface area contributed by atoms with Crippen molar-refractivity contribution in [1.82, 2.24) is 10.6 Å². The molecule has 0 bridgehead atoms. The summed E-state index contributed by atoms with van der Waals surface area (Å²) in [6, 6.07) is 0.797. The van der Waals surface area contributed by atoms with E-state index in [1.54, 1.807) is 0 Å². The van der Waals surface area contributed by atoms with E-state index in [-0.39, 0.29) is 12.6 Å². The van der Waals surface area contributed by atoms with Crippen LogP contribution in [0.2, 0.25) is 0 Å². The Bertz CT molecular complexity index is 102. The van der Waals surface area contributed by atoms with Gasteiger partial charge in [-0.15, -0.1) is 0 Å². The van der Waals surface area contributed by atoms with Crippen LogP contribution >= 0.6 is 0 Å². The molecule has 0 saturated carbocycles. The van der Waals surface area contributed by atoms with Gasteiger partial charge in [0.2, 0.25) is 0 Å². The lowest BCUT2D eigenvalue weighted by Gasteiger charge is -2.26. The van der Waals surface area contributed by atoms with Crippen molar-refractivity contribution in [2.45, 2.75) is 31.8 Å². The zero-order valence-corrected chi connectivity index (χ0v) is 7.14. The number of rotatable bonds is 3. The van der Waals surface area contributed by atoms with Gasteiger partial charge in [0.05, 0.1) is 6.61 Å². The van der Waals surface area contributed by atoms with Crippen molar-refractivity contribution in [3.8, 4) is 0 Å². The van der Waals surface area contributed by atoms with E-state index in [0.717, 1.165) is 13.1 Å². The molecule has 0 aromatic heterocycles. The summed E-state index contributed by atoms with van der Waals surface area (Å²) in [5.74, 6) is 0. The Balaban J connectivity index is 2.13. The van der Waals surface area contributed by atoms with Gasteiger partial charge in [-0.2, -0.15) is 0 Å². The maximum atomic E-state index is 8.78. The number of aliphatic hydroxyl groups excluding tert-OH is 1. The molecule has 1 unspecified atom stereocenters. The molecular formula is C8H18N2O. The summed E-state index contributed by atoms with van der Waals surface area (Å²) < 4.78 is 0. The zero-order chi connectivity index (χ0) is 8.10. The lowest BCUT2D eigenvalue weighted by Crippen LogP contribution is -2.47. The predicted octanol–water partition coefficient (Wildman–Crippen LogP) is -0.291. The largest absolute Gasteiger partial charge is 0.395 e. The first-order chi connectivity index (χ1) is 5.33. The van der Waals surface area contributed by atoms with Crippen LogP contribution in [0.1, 0.15) is 19.8 Å². The number of nitrogens with one attached hydrogen (secondary N) is 2. The van der Waals surface area contributed by atoms with Crippen LogP contribution in [0.3, 0.4) is 0 Å². The molecule has 2 atom stereocenters. The van der Waals surface area contributed by atoms with Crippen LogP contribution in [0, 0.1) is 0 Å². The smallest absolute Gasteiger partial charge is 0.0582 e. The van der Waals surface area contributed by atoms with Crippen molar-refractivity contribution in [3.63, 3.8) is 0 Å². The summed E-state index contributed by atoms with van der Waals surface area (Å²) in [5.41, 5.74) is 0. The van der Waals surface area contributed by atoms with Gasteiger partial charge in [0.15, 0.2) is 0 Å². The average molecular weight is 158 g/mol. The molecule has 0 spiro atoms. The van der Waals surface area contributed by atoms with Crippen molar-refractivity contribution < 1.29 is 5.11 Å². The maximum Gasteiger partial charge on any atom is 0.0582 e. The first-order valence-corrected chi connectivity index (χ1v) is 4.40. The van der Waals surface area contributed by atoms with Gasteiger partial charge in [0, 0.05) is 18.6 Å². The molecule has 3 nitrogen and oxygen atoms in total. The summed E-state index contributed by atoms with van der Waals surface area (Å²) >= 11 is 0. The topological polar surface area (TPSA) is 44.3 Å². The fraction of sp³-hybridized carbons (Fsp3) is 1.00. The van der Waals surface area contributed by atoms with E-state index in [1.807, 2.05) is 6.92 Å². The molecule has 1 aliphatic rings. The second kappa shape index (κ2) is 4.70. The molecule has 0 amide bonds. The zero-order valence-electron chi connectivity index (χ0n) is 7.14. The minimum atomic E-state index is 0.233. The van der Waals surface area contributed by atoms with E-state index in [4.69, 9.17) is 5.11 Å². The molecule has 0 radical (unpaired) electrons. The molecule has 1 rings (SSSR count). The third-order valence-corrected chi connectivity index (χ3v) is 2.09. The van der Waals surface area contributed by atoms with Gasteiger partial charge in [0.25, 0.3) is 0 Å². The van der Waals surface area contributed by atoms with Crippen molar-refractivity contribution in [1.29, 1.82) is 0 Å². The average Bonchev–Trinajstić information content (AvgIpc) is 2.06. The molecule has 1 heterocycles. The predicted molar refractivity (Wildman–Crippen MR) is 45.6 cm³/mol. The van der Waals surface area contributed by atoms with E-state index < -0.39 is 0 Å². The Labute approximate surface area is 68.2 Å². The lowest BCUT2D eigenvalue weighted by atomic mass is 10.1. The number of aliphatic hydroxyl groups is 1. The molecule has 66 valence electrons. The maximum absolute atomic E-state index is 8.78. The van der Waals surface area contributed by atoms with E-state index in [2.05, 4.69) is 10.6 Å². The van der Waals surface area contributed by atoms with E-state index in [0.29, 0.717) is 6.04 Å². The van der Waals surface area contributed by atoms with E-state index >= 15 is 0 Å². The third kappa shape index (κ3) is 3.18. The van der Waals surface area contributed by atoms with Crippen LogP contribution in [0.25, 0.3) is 0 Å². The highest BCUT2D eigenvalue weighted by Crippen LogP contribution is 2.01. The van der Waals surface area contributed by atoms with Gasteiger partial charge in [-0.1, -0.05) is 0 Å². The third-order valence-electron chi connectivity index (χ3n) is 2.09. The SMILES string of the molecule is C[C@H](CO)NC1CCCNC1. The summed E-state index contributed by atoms with van der Waals surface area (Å²) in [6.07, 6.45) is 2.48. The first kappa shape index (κ1) is 8.97. The minimum Gasteiger partial charge on any atom is -0.395 e. The van der Waals surface area contributed by atoms with Crippen LogP contribution < -0.4 is 10.6 Å². The number of piperidine rings is 1. The molecule has 0 aromatic carbocycles. The molecule has 11 heavy (non-hydrogen) atoms. The minimum absolute atomic E-state index is 0.233. The molecular weight excluding hydrogens is 140 g/mol. The normalized spacial score (nSPS) is 28.4. The van der Waals surface area contributed by atoms with Gasteiger partial charge in [0.1, 0.15) is 0 Å². The molecule has 1 saturated heterocycles. The Hall–Kier alpha value is -0.120. The van der Waals surface area contributed by atoms with Crippen molar-refractivity contribution in [3.05, 3.63) is 0 Å². The quantitative estimate of drug-likeness (QED) is 0.529. The standard InChI is InChI=1S/C8H18N2O/c1-7(6-11)10-8-3-2-4-9-5-8/h7-11H,2-6H2,1H3/t7-,8?/m1/s1. The summed E-state index contributed by atoms with van der Waals surface area (Å²) in [7, 11) is 0. The van der Waals surface area contributed by atoms with Crippen molar-refractivity contribution in [2.75, 3.05) is 19.7 Å². The summed E-state index contributed by atoms with van der Waals surface area (Å²) in [6.45, 7) is 4.43. The van der Waals surface area contributed by atoms with Gasteiger partial charge >= 0.3 is 0 Å². The highest BCUT2D eigenvalue weighted by atomic mass is 16.3. The second-order valence-electron chi connectivity index (χ2n) is 3.29. The van der Waals surface area contributed by atoms with Gasteiger partial charge < -0.3 is 15.7 Å². The number of hydrogen-bond donors (Lipinski definition) is 3. The van der Waals surface area contributed by atoms with Gasteiger partial charge in [-0.05, 0) is 26.3 Å². The molecule has 0 aromatic rings. The van der Waals surface area contributed by atoms with Crippen LogP contribution in [-0.4, -0.2) is 36.9 Å². The Morgan fingerprint density at radius 3 is 3.09 bits per heavy atom. The summed E-state index contributed by atoms with van der Waals surface area (Å²) in [4.78, 5) is 0. The van der Waals surface area contributed by atoms with Crippen LogP contribution in [-0.2, 0) is 0 Å². The lowest BCUT2D eigenvalue weighted by molar-refractivity contribution is 0.231. The number of hydrogen-bond acceptors (Lipinski definition) is 3. The monoisotopic (exact) mass is 158 g/mol. The molecule has 3 N–H and O–H groups in total. The fourth-order valence-corrected chi connectivity index (χ4v) is 1.45. The Morgan fingerprint density at radius 2 is 2.55 bits per heavy atom. The van der Waals surface area contributed by atoms with Crippen LogP contribution in [0.15, 0.2) is 0 Å². The second-order valence-corrected chi connectivity index (χ2v) is 3.29. The van der Waals surface area contributed by atoms with Crippen molar-refractivity contribution in [2.24, 2.45) is 0 Å². The molecule has 3 heteroatoms. The Kier molecular flexibility index (Phi) is 3.83. The fourth-order valence-electron chi connectivity index (χ4n) is 1.45. The van der Waals surface area contributed by atoms with Crippen LogP contribution in [0.5, 0.6) is 0 Å². The van der Waals surface area contributed by atoms with Gasteiger partial charge in [-0.3, -0.25) is 0 Å². The van der Waals surface area contributed by atoms with Crippen molar-refractivity contribution >= 4 is 0 Å². The molecule has 1 aliphatic heterocycles. The van der Waals surface area contributed by atoms with Gasteiger partial charge in [-0.25, -0.2) is 0 Å². The van der Waals surface area contributed by atoms with E-state index in [9.17, 15) is 0 Å². The van der Waals surface area contributed by atoms with Crippen LogP contribution in [0.4, 0.5) is 0 Å². The molecule has 0 aliphatic carbocycles. The first-order valence-electron chi connectivity index (χ1n) is 4.40. The van der Waals surface area contributed by atoms with E-state index in [1.165, 1.54) is 12.8 Å². The molecule has 1 fully saturated rings. The summed E-state index contributed by atoms with van der Waals surface area (Å²) in [5, 5.41) is 15.5.